The second kappa shape index (κ2) is 4.76. The van der Waals surface area contributed by atoms with Crippen LogP contribution in [0, 0.1) is 6.92 Å². The Morgan fingerprint density at radius 1 is 1.64 bits per heavy atom. The first-order chi connectivity index (χ1) is 6.58. The molecule has 0 saturated carbocycles. The van der Waals surface area contributed by atoms with E-state index in [1.807, 2.05) is 19.1 Å². The van der Waals surface area contributed by atoms with Crippen molar-refractivity contribution in [1.29, 1.82) is 0 Å². The fourth-order valence-electron chi connectivity index (χ4n) is 0.987. The highest BCUT2D eigenvalue weighted by Crippen LogP contribution is 2.05. The molecule has 0 bridgehead atoms. The maximum atomic E-state index is 11.1. The lowest BCUT2D eigenvalue weighted by Gasteiger charge is -2.01. The van der Waals surface area contributed by atoms with Crippen LogP contribution >= 0.6 is 12.2 Å². The second-order valence-corrected chi connectivity index (χ2v) is 3.46. The Kier molecular flexibility index (Phi) is 3.64. The van der Waals surface area contributed by atoms with Crippen molar-refractivity contribution in [1.82, 2.24) is 5.32 Å². The van der Waals surface area contributed by atoms with Crippen LogP contribution in [0.3, 0.4) is 0 Å². The van der Waals surface area contributed by atoms with Crippen LogP contribution in [0.15, 0.2) is 16.5 Å². The number of carbonyl (C=O) groups is 1. The summed E-state index contributed by atoms with van der Waals surface area (Å²) in [7, 11) is 0. The van der Waals surface area contributed by atoms with Crippen molar-refractivity contribution in [3.8, 4) is 0 Å². The summed E-state index contributed by atoms with van der Waals surface area (Å²) >= 11 is 4.60. The highest BCUT2D eigenvalue weighted by molar-refractivity contribution is 7.80. The predicted molar refractivity (Wildman–Crippen MR) is 56.7 cm³/mol. The van der Waals surface area contributed by atoms with E-state index in [2.05, 4.69) is 17.5 Å². The Morgan fingerprint density at radius 3 is 2.86 bits per heavy atom. The van der Waals surface area contributed by atoms with Crippen molar-refractivity contribution in [2.75, 3.05) is 0 Å². The van der Waals surface area contributed by atoms with Crippen molar-refractivity contribution in [3.05, 3.63) is 23.7 Å². The van der Waals surface area contributed by atoms with Crippen LogP contribution in [0.5, 0.6) is 0 Å². The highest BCUT2D eigenvalue weighted by Gasteiger charge is 2.04. The number of amides is 1. The summed E-state index contributed by atoms with van der Waals surface area (Å²) in [5.41, 5.74) is 5.21. The quantitative estimate of drug-likeness (QED) is 0.727. The number of hydrogen-bond donors (Lipinski definition) is 2. The van der Waals surface area contributed by atoms with Crippen LogP contribution in [0.4, 0.5) is 0 Å². The molecule has 0 unspecified atom stereocenters. The first kappa shape index (κ1) is 10.7. The lowest BCUT2D eigenvalue weighted by molar-refractivity contribution is -0.120. The standard InChI is InChI=1S/C9H12N2O2S/c1-6-2-3-7(13-6)5-11-9(12)4-8(10)14/h2-3H,4-5H2,1H3,(H2,10,14)(H,11,12). The van der Waals surface area contributed by atoms with E-state index in [0.717, 1.165) is 11.5 Å². The van der Waals surface area contributed by atoms with E-state index in [1.165, 1.54) is 0 Å². The third kappa shape index (κ3) is 3.57. The van der Waals surface area contributed by atoms with Crippen molar-refractivity contribution in [2.24, 2.45) is 5.73 Å². The molecule has 0 saturated heterocycles. The van der Waals surface area contributed by atoms with Crippen LogP contribution in [0.1, 0.15) is 17.9 Å². The van der Waals surface area contributed by atoms with Crippen LogP contribution < -0.4 is 11.1 Å². The molecule has 1 aromatic rings. The molecule has 0 atom stereocenters. The minimum Gasteiger partial charge on any atom is -0.465 e. The molecule has 5 heteroatoms. The molecule has 3 N–H and O–H groups in total. The number of thiocarbonyl (C=S) groups is 1. The molecule has 14 heavy (non-hydrogen) atoms. The van der Waals surface area contributed by atoms with Gasteiger partial charge in [0.05, 0.1) is 18.0 Å². The van der Waals surface area contributed by atoms with Gasteiger partial charge in [0.2, 0.25) is 5.91 Å². The monoisotopic (exact) mass is 212 g/mol. The lowest BCUT2D eigenvalue weighted by atomic mass is 10.4. The molecular formula is C9H12N2O2S. The zero-order valence-electron chi connectivity index (χ0n) is 7.87. The van der Waals surface area contributed by atoms with Crippen LogP contribution in [-0.2, 0) is 11.3 Å². The summed E-state index contributed by atoms with van der Waals surface area (Å²) in [6.45, 7) is 2.22. The van der Waals surface area contributed by atoms with Gasteiger partial charge in [0.15, 0.2) is 0 Å². The van der Waals surface area contributed by atoms with Gasteiger partial charge in [0.1, 0.15) is 11.5 Å². The maximum absolute atomic E-state index is 11.1. The molecule has 0 radical (unpaired) electrons. The van der Waals surface area contributed by atoms with E-state index in [4.69, 9.17) is 10.2 Å². The highest BCUT2D eigenvalue weighted by atomic mass is 32.1. The van der Waals surface area contributed by atoms with Crippen molar-refractivity contribution in [3.63, 3.8) is 0 Å². The van der Waals surface area contributed by atoms with Gasteiger partial charge < -0.3 is 15.5 Å². The van der Waals surface area contributed by atoms with Gasteiger partial charge in [-0.1, -0.05) is 12.2 Å². The molecule has 0 spiro atoms. The predicted octanol–water partition coefficient (Wildman–Crippen LogP) is 0.880. The topological polar surface area (TPSA) is 68.3 Å². The molecule has 1 heterocycles. The average molecular weight is 212 g/mol. The fourth-order valence-corrected chi connectivity index (χ4v) is 1.12. The molecule has 0 aliphatic rings. The van der Waals surface area contributed by atoms with Crippen LogP contribution in [-0.4, -0.2) is 10.9 Å². The van der Waals surface area contributed by atoms with E-state index in [9.17, 15) is 4.79 Å². The third-order valence-electron chi connectivity index (χ3n) is 1.59. The Morgan fingerprint density at radius 2 is 2.36 bits per heavy atom. The van der Waals surface area contributed by atoms with E-state index >= 15 is 0 Å². The van der Waals surface area contributed by atoms with Gasteiger partial charge in [-0.05, 0) is 19.1 Å². The zero-order chi connectivity index (χ0) is 10.6. The van der Waals surface area contributed by atoms with Crippen molar-refractivity contribution >= 4 is 23.1 Å². The molecule has 0 fully saturated rings. The summed E-state index contributed by atoms with van der Waals surface area (Å²) in [5.74, 6) is 1.36. The van der Waals surface area contributed by atoms with Crippen LogP contribution in [0.25, 0.3) is 0 Å². The summed E-state index contributed by atoms with van der Waals surface area (Å²) in [6, 6.07) is 3.66. The fraction of sp³-hybridized carbons (Fsp3) is 0.333. The van der Waals surface area contributed by atoms with Gasteiger partial charge in [0, 0.05) is 0 Å². The minimum absolute atomic E-state index is 0.0784. The van der Waals surface area contributed by atoms with Gasteiger partial charge in [0.25, 0.3) is 0 Å². The molecule has 76 valence electrons. The second-order valence-electron chi connectivity index (χ2n) is 2.93. The summed E-state index contributed by atoms with van der Waals surface area (Å²) in [5, 5.41) is 2.64. The summed E-state index contributed by atoms with van der Waals surface area (Å²) < 4.78 is 5.26. The number of rotatable bonds is 4. The van der Waals surface area contributed by atoms with Gasteiger partial charge >= 0.3 is 0 Å². The number of hydrogen-bond acceptors (Lipinski definition) is 3. The molecule has 1 rings (SSSR count). The Balaban J connectivity index is 2.34. The number of furan rings is 1. The first-order valence-corrected chi connectivity index (χ1v) is 4.59. The third-order valence-corrected chi connectivity index (χ3v) is 1.73. The van der Waals surface area contributed by atoms with Gasteiger partial charge in [-0.15, -0.1) is 0 Å². The SMILES string of the molecule is Cc1ccc(CNC(=O)CC(N)=S)o1. The van der Waals surface area contributed by atoms with E-state index in [1.54, 1.807) is 0 Å². The molecule has 1 amide bonds. The number of nitrogens with one attached hydrogen (secondary N) is 1. The zero-order valence-corrected chi connectivity index (χ0v) is 8.69. The Hall–Kier alpha value is -1.36. The number of aryl methyl sites for hydroxylation is 1. The Labute approximate surface area is 87.5 Å². The normalized spacial score (nSPS) is 9.79. The molecule has 1 aromatic heterocycles. The molecule has 0 aromatic carbocycles. The van der Waals surface area contributed by atoms with E-state index in [0.29, 0.717) is 6.54 Å². The van der Waals surface area contributed by atoms with Gasteiger partial charge in [-0.2, -0.15) is 0 Å². The van der Waals surface area contributed by atoms with Crippen molar-refractivity contribution in [2.45, 2.75) is 19.9 Å². The van der Waals surface area contributed by atoms with Gasteiger partial charge in [-0.25, -0.2) is 0 Å². The van der Waals surface area contributed by atoms with E-state index < -0.39 is 0 Å². The largest absolute Gasteiger partial charge is 0.465 e. The minimum atomic E-state index is -0.188. The summed E-state index contributed by atoms with van der Waals surface area (Å²) in [6.07, 6.45) is 0.0784. The Bertz CT molecular complexity index is 346. The average Bonchev–Trinajstić information content (AvgIpc) is 2.47. The number of nitrogens with two attached hydrogens (primary N) is 1. The number of carbonyl (C=O) groups excluding carboxylic acids is 1. The maximum Gasteiger partial charge on any atom is 0.227 e. The molecule has 0 aliphatic carbocycles. The van der Waals surface area contributed by atoms with Crippen LogP contribution in [0.2, 0.25) is 0 Å². The van der Waals surface area contributed by atoms with Gasteiger partial charge in [-0.3, -0.25) is 4.79 Å². The molecule has 0 aliphatic heterocycles. The van der Waals surface area contributed by atoms with Crippen molar-refractivity contribution < 1.29 is 9.21 Å². The smallest absolute Gasteiger partial charge is 0.227 e. The van der Waals surface area contributed by atoms with E-state index in [-0.39, 0.29) is 17.3 Å². The lowest BCUT2D eigenvalue weighted by Crippen LogP contribution is -2.26. The molecular weight excluding hydrogens is 200 g/mol. The first-order valence-electron chi connectivity index (χ1n) is 4.18. The molecule has 4 nitrogen and oxygen atoms in total. The summed E-state index contributed by atoms with van der Waals surface area (Å²) in [4.78, 5) is 11.3.